The molecule has 1 aliphatic carbocycles. The van der Waals surface area contributed by atoms with Crippen LogP contribution in [0.4, 0.5) is 0 Å². The molecule has 1 aromatic carbocycles. The highest BCUT2D eigenvalue weighted by Crippen LogP contribution is 2.48. The highest BCUT2D eigenvalue weighted by molar-refractivity contribution is 6.04. The largest absolute Gasteiger partial charge is 0.482 e. The maximum Gasteiger partial charge on any atom is 0.344 e. The molecule has 7 nitrogen and oxygen atoms in total. The van der Waals surface area contributed by atoms with Crippen LogP contribution in [0, 0.1) is 5.41 Å². The van der Waals surface area contributed by atoms with E-state index in [9.17, 15) is 14.4 Å². The Kier molecular flexibility index (Phi) is 7.06. The molecule has 0 radical (unpaired) electrons. The van der Waals surface area contributed by atoms with Crippen LogP contribution in [0.2, 0.25) is 0 Å². The Hall–Kier alpha value is -3.09. The minimum absolute atomic E-state index is 0.0109. The summed E-state index contributed by atoms with van der Waals surface area (Å²) < 4.78 is 16.1. The Morgan fingerprint density at radius 2 is 1.78 bits per heavy atom. The third-order valence-corrected chi connectivity index (χ3v) is 5.62. The fourth-order valence-corrected chi connectivity index (χ4v) is 4.42. The molecular weight excluding hydrogens is 410 g/mol. The van der Waals surface area contributed by atoms with E-state index < -0.39 is 17.9 Å². The third kappa shape index (κ3) is 4.87. The number of ether oxygens (including phenoxy) is 3. The number of benzene rings is 1. The molecule has 172 valence electrons. The quantitative estimate of drug-likeness (QED) is 0.644. The van der Waals surface area contributed by atoms with Crippen molar-refractivity contribution in [3.8, 4) is 5.75 Å². The maximum atomic E-state index is 13.3. The fraction of sp³-hybridized carbons (Fsp3) is 0.480. The van der Waals surface area contributed by atoms with Gasteiger partial charge in [0.05, 0.1) is 24.7 Å². The van der Waals surface area contributed by atoms with Crippen LogP contribution in [0.5, 0.6) is 5.75 Å². The molecule has 0 aromatic heterocycles. The Morgan fingerprint density at radius 1 is 1.09 bits per heavy atom. The second-order valence-corrected chi connectivity index (χ2v) is 8.78. The predicted octanol–water partition coefficient (Wildman–Crippen LogP) is 3.80. The highest BCUT2D eigenvalue weighted by atomic mass is 16.6. The van der Waals surface area contributed by atoms with E-state index in [4.69, 9.17) is 14.2 Å². The fourth-order valence-electron chi connectivity index (χ4n) is 4.42. The molecular formula is C25H31NO6. The molecule has 1 aliphatic heterocycles. The second-order valence-electron chi connectivity index (χ2n) is 8.78. The lowest BCUT2D eigenvalue weighted by molar-refractivity contribution is -0.145. The van der Waals surface area contributed by atoms with E-state index >= 15 is 0 Å². The summed E-state index contributed by atoms with van der Waals surface area (Å²) in [7, 11) is 0. The van der Waals surface area contributed by atoms with Crippen molar-refractivity contribution in [1.82, 2.24) is 5.32 Å². The van der Waals surface area contributed by atoms with Gasteiger partial charge < -0.3 is 19.5 Å². The number of carbonyl (C=O) groups is 3. The van der Waals surface area contributed by atoms with E-state index in [1.165, 1.54) is 0 Å². The molecule has 0 fully saturated rings. The number of carbonyl (C=O) groups excluding carboxylic acids is 3. The van der Waals surface area contributed by atoms with Gasteiger partial charge in [0.1, 0.15) is 5.75 Å². The SMILES string of the molecule is CCOC(=O)COc1ccccc1C1C(C(=O)OCC)=C(C)NC2=C1C(=O)CC(C)(C)C2. The molecule has 1 unspecified atom stereocenters. The summed E-state index contributed by atoms with van der Waals surface area (Å²) in [5, 5.41) is 3.30. The smallest absolute Gasteiger partial charge is 0.344 e. The lowest BCUT2D eigenvalue weighted by Gasteiger charge is -2.39. The van der Waals surface area contributed by atoms with Crippen LogP contribution in [-0.4, -0.2) is 37.5 Å². The van der Waals surface area contributed by atoms with Gasteiger partial charge in [-0.2, -0.15) is 0 Å². The number of Topliss-reactive ketones (excluding diaryl/α,β-unsaturated/α-hetero) is 1. The first-order valence-electron chi connectivity index (χ1n) is 11.0. The Morgan fingerprint density at radius 3 is 2.47 bits per heavy atom. The van der Waals surface area contributed by atoms with Gasteiger partial charge in [-0.3, -0.25) is 4.79 Å². The van der Waals surface area contributed by atoms with Crippen molar-refractivity contribution in [3.05, 3.63) is 52.4 Å². The Balaban J connectivity index is 2.12. The van der Waals surface area contributed by atoms with Gasteiger partial charge in [-0.05, 0) is 38.7 Å². The molecule has 1 heterocycles. The van der Waals surface area contributed by atoms with Crippen molar-refractivity contribution in [1.29, 1.82) is 0 Å². The Bertz CT molecular complexity index is 988. The van der Waals surface area contributed by atoms with Gasteiger partial charge in [0, 0.05) is 29.0 Å². The number of nitrogens with one attached hydrogen (secondary N) is 1. The first-order chi connectivity index (χ1) is 15.2. The minimum Gasteiger partial charge on any atom is -0.482 e. The number of rotatable bonds is 7. The molecule has 0 bridgehead atoms. The molecule has 0 spiro atoms. The van der Waals surface area contributed by atoms with Gasteiger partial charge in [-0.25, -0.2) is 9.59 Å². The summed E-state index contributed by atoms with van der Waals surface area (Å²) in [4.78, 5) is 38.2. The molecule has 0 amide bonds. The lowest BCUT2D eigenvalue weighted by Crippen LogP contribution is -2.38. The molecule has 0 saturated carbocycles. The lowest BCUT2D eigenvalue weighted by atomic mass is 9.68. The van der Waals surface area contributed by atoms with Crippen LogP contribution in [0.3, 0.4) is 0 Å². The van der Waals surface area contributed by atoms with Gasteiger partial charge in [-0.15, -0.1) is 0 Å². The summed E-state index contributed by atoms with van der Waals surface area (Å²) in [5.74, 6) is -1.20. The van der Waals surface area contributed by atoms with E-state index in [1.807, 2.05) is 19.1 Å². The molecule has 1 N–H and O–H groups in total. The number of hydrogen-bond acceptors (Lipinski definition) is 7. The average Bonchev–Trinajstić information content (AvgIpc) is 2.71. The van der Waals surface area contributed by atoms with Gasteiger partial charge in [0.2, 0.25) is 0 Å². The standard InChI is InChI=1S/C25H31NO6/c1-6-30-20(28)14-32-19-11-9-8-10-16(19)22-21(24(29)31-7-2)15(3)26-17-12-25(4,5)13-18(27)23(17)22/h8-11,22,26H,6-7,12-14H2,1-5H3. The van der Waals surface area contributed by atoms with E-state index in [0.717, 1.165) is 5.70 Å². The number of dihydropyridines is 1. The van der Waals surface area contributed by atoms with Crippen LogP contribution in [0.15, 0.2) is 46.8 Å². The summed E-state index contributed by atoms with van der Waals surface area (Å²) >= 11 is 0. The summed E-state index contributed by atoms with van der Waals surface area (Å²) in [5.41, 5.74) is 2.87. The minimum atomic E-state index is -0.646. The number of para-hydroxylation sites is 1. The van der Waals surface area contributed by atoms with E-state index in [1.54, 1.807) is 26.0 Å². The van der Waals surface area contributed by atoms with Crippen LogP contribution < -0.4 is 10.1 Å². The van der Waals surface area contributed by atoms with Crippen LogP contribution >= 0.6 is 0 Å². The zero-order valence-corrected chi connectivity index (χ0v) is 19.4. The molecule has 0 saturated heterocycles. The van der Waals surface area contributed by atoms with Crippen LogP contribution in [-0.2, 0) is 23.9 Å². The zero-order chi connectivity index (χ0) is 23.5. The number of esters is 2. The first kappa shape index (κ1) is 23.6. The summed E-state index contributed by atoms with van der Waals surface area (Å²) in [6, 6.07) is 7.16. The molecule has 1 aromatic rings. The normalized spacial score (nSPS) is 19.8. The number of hydrogen-bond donors (Lipinski definition) is 1. The van der Waals surface area contributed by atoms with Gasteiger partial charge in [0.15, 0.2) is 12.4 Å². The summed E-state index contributed by atoms with van der Waals surface area (Å²) in [6.45, 7) is 9.61. The van der Waals surface area contributed by atoms with Gasteiger partial charge >= 0.3 is 11.9 Å². The third-order valence-electron chi connectivity index (χ3n) is 5.62. The molecule has 2 aliphatic rings. The molecule has 32 heavy (non-hydrogen) atoms. The number of allylic oxidation sites excluding steroid dienone is 3. The zero-order valence-electron chi connectivity index (χ0n) is 19.4. The maximum absolute atomic E-state index is 13.3. The van der Waals surface area contributed by atoms with Crippen LogP contribution in [0.1, 0.15) is 58.9 Å². The van der Waals surface area contributed by atoms with Crippen molar-refractivity contribution in [2.45, 2.75) is 53.4 Å². The average molecular weight is 442 g/mol. The molecule has 7 heteroatoms. The van der Waals surface area contributed by atoms with E-state index in [2.05, 4.69) is 19.2 Å². The van der Waals surface area contributed by atoms with Crippen molar-refractivity contribution in [2.75, 3.05) is 19.8 Å². The number of ketones is 1. The van der Waals surface area contributed by atoms with Crippen molar-refractivity contribution in [2.24, 2.45) is 5.41 Å². The summed E-state index contributed by atoms with van der Waals surface area (Å²) in [6.07, 6.45) is 1.06. The van der Waals surface area contributed by atoms with Crippen molar-refractivity contribution < 1.29 is 28.6 Å². The van der Waals surface area contributed by atoms with Crippen molar-refractivity contribution in [3.63, 3.8) is 0 Å². The monoisotopic (exact) mass is 441 g/mol. The first-order valence-corrected chi connectivity index (χ1v) is 11.0. The van der Waals surface area contributed by atoms with Crippen LogP contribution in [0.25, 0.3) is 0 Å². The van der Waals surface area contributed by atoms with E-state index in [-0.39, 0.29) is 31.0 Å². The molecule has 3 rings (SSSR count). The second kappa shape index (κ2) is 9.59. The van der Waals surface area contributed by atoms with Crippen molar-refractivity contribution >= 4 is 17.7 Å². The Labute approximate surface area is 188 Å². The topological polar surface area (TPSA) is 90.9 Å². The predicted molar refractivity (Wildman–Crippen MR) is 119 cm³/mol. The highest BCUT2D eigenvalue weighted by Gasteiger charge is 2.44. The molecule has 1 atom stereocenters. The van der Waals surface area contributed by atoms with Gasteiger partial charge in [-0.1, -0.05) is 32.0 Å². The van der Waals surface area contributed by atoms with Gasteiger partial charge in [0.25, 0.3) is 0 Å². The van der Waals surface area contributed by atoms with E-state index in [0.29, 0.717) is 41.0 Å².